The fourth-order valence-corrected chi connectivity index (χ4v) is 4.03. The van der Waals surface area contributed by atoms with Crippen LogP contribution in [-0.2, 0) is 6.18 Å². The molecule has 1 amide bonds. The van der Waals surface area contributed by atoms with E-state index in [-0.39, 0.29) is 22.1 Å². The van der Waals surface area contributed by atoms with E-state index in [9.17, 15) is 18.0 Å². The number of alkyl halides is 3. The first-order chi connectivity index (χ1) is 14.3. The number of hydrogen-bond donors (Lipinski definition) is 0. The molecule has 1 saturated heterocycles. The van der Waals surface area contributed by atoms with E-state index in [1.807, 2.05) is 0 Å². The first-order valence-electron chi connectivity index (χ1n) is 9.47. The fourth-order valence-electron chi connectivity index (χ4n) is 3.52. The summed E-state index contributed by atoms with van der Waals surface area (Å²) in [6, 6.07) is 7.63. The van der Waals surface area contributed by atoms with Gasteiger partial charge >= 0.3 is 6.18 Å². The molecule has 1 aliphatic rings. The highest BCUT2D eigenvalue weighted by atomic mass is 79.9. The summed E-state index contributed by atoms with van der Waals surface area (Å²) in [7, 11) is 0. The van der Waals surface area contributed by atoms with Gasteiger partial charge in [-0.25, -0.2) is 9.50 Å². The molecular weight excluding hydrogens is 485 g/mol. The van der Waals surface area contributed by atoms with Gasteiger partial charge in [-0.05, 0) is 31.0 Å². The van der Waals surface area contributed by atoms with Crippen molar-refractivity contribution in [3.63, 3.8) is 0 Å². The number of carbonyl (C=O) groups excluding carboxylic acids is 1. The monoisotopic (exact) mass is 500 g/mol. The molecule has 0 atom stereocenters. The van der Waals surface area contributed by atoms with Crippen molar-refractivity contribution in [1.82, 2.24) is 19.5 Å². The van der Waals surface area contributed by atoms with Gasteiger partial charge in [0.1, 0.15) is 5.02 Å². The molecule has 0 spiro atoms. The second-order valence-electron chi connectivity index (χ2n) is 7.14. The number of benzene rings is 1. The molecule has 0 saturated carbocycles. The summed E-state index contributed by atoms with van der Waals surface area (Å²) >= 11 is 9.65. The standard InChI is InChI=1S/C20H17BrClF3N4O/c21-13-7-5-12(6-8-13)14-11-15(20(23,24)25)29-18(26-14)16(22)17(27-29)19(30)28-9-3-1-2-4-10-28/h5-8,11H,1-4,9-10H2. The van der Waals surface area contributed by atoms with E-state index in [0.29, 0.717) is 23.2 Å². The molecule has 0 aliphatic carbocycles. The summed E-state index contributed by atoms with van der Waals surface area (Å²) in [5.41, 5.74) is -0.851. The SMILES string of the molecule is O=C(c1nn2c(C(F)(F)F)cc(-c3ccc(Br)cc3)nc2c1Cl)N1CCCCCC1. The largest absolute Gasteiger partial charge is 0.433 e. The molecular formula is C20H17BrClF3N4O. The first kappa shape index (κ1) is 21.1. The average Bonchev–Trinajstić information content (AvgIpc) is 2.88. The molecule has 10 heteroatoms. The number of likely N-dealkylation sites (tertiary alicyclic amines) is 1. The van der Waals surface area contributed by atoms with Gasteiger partial charge in [0.25, 0.3) is 5.91 Å². The van der Waals surface area contributed by atoms with Crippen molar-refractivity contribution < 1.29 is 18.0 Å². The topological polar surface area (TPSA) is 50.5 Å². The number of aromatic nitrogens is 3. The minimum atomic E-state index is -4.70. The maximum atomic E-state index is 13.8. The molecule has 3 heterocycles. The Morgan fingerprint density at radius 3 is 2.30 bits per heavy atom. The number of halogens is 5. The Kier molecular flexibility index (Phi) is 5.76. The molecule has 0 bridgehead atoms. The lowest BCUT2D eigenvalue weighted by molar-refractivity contribution is -0.142. The molecule has 0 N–H and O–H groups in total. The quantitative estimate of drug-likeness (QED) is 0.443. The van der Waals surface area contributed by atoms with Gasteiger partial charge in [0.15, 0.2) is 17.0 Å². The van der Waals surface area contributed by atoms with Gasteiger partial charge in [0, 0.05) is 23.1 Å². The van der Waals surface area contributed by atoms with Crippen LogP contribution in [0.5, 0.6) is 0 Å². The number of hydrogen-bond acceptors (Lipinski definition) is 3. The molecule has 1 aromatic carbocycles. The van der Waals surface area contributed by atoms with Gasteiger partial charge in [-0.3, -0.25) is 4.79 Å². The maximum absolute atomic E-state index is 13.8. The van der Waals surface area contributed by atoms with Crippen molar-refractivity contribution >= 4 is 39.1 Å². The minimum Gasteiger partial charge on any atom is -0.337 e. The minimum absolute atomic E-state index is 0.0953. The highest BCUT2D eigenvalue weighted by Crippen LogP contribution is 2.35. The van der Waals surface area contributed by atoms with E-state index >= 15 is 0 Å². The third-order valence-electron chi connectivity index (χ3n) is 5.06. The van der Waals surface area contributed by atoms with E-state index < -0.39 is 17.8 Å². The van der Waals surface area contributed by atoms with E-state index in [1.165, 1.54) is 0 Å². The third-order valence-corrected chi connectivity index (χ3v) is 5.94. The van der Waals surface area contributed by atoms with Crippen LogP contribution in [0.15, 0.2) is 34.8 Å². The second-order valence-corrected chi connectivity index (χ2v) is 8.43. The zero-order valence-electron chi connectivity index (χ0n) is 15.7. The molecule has 1 fully saturated rings. The van der Waals surface area contributed by atoms with Crippen LogP contribution in [0.3, 0.4) is 0 Å². The van der Waals surface area contributed by atoms with E-state index in [4.69, 9.17) is 11.6 Å². The van der Waals surface area contributed by atoms with Crippen LogP contribution in [0.2, 0.25) is 5.02 Å². The number of amides is 1. The van der Waals surface area contributed by atoms with Crippen LogP contribution >= 0.6 is 27.5 Å². The summed E-state index contributed by atoms with van der Waals surface area (Å²) in [6.07, 6.45) is -0.991. The normalized spacial score (nSPS) is 15.4. The summed E-state index contributed by atoms with van der Waals surface area (Å²) in [5, 5.41) is 3.76. The summed E-state index contributed by atoms with van der Waals surface area (Å²) in [6.45, 7) is 1.07. The number of carbonyl (C=O) groups is 1. The van der Waals surface area contributed by atoms with Crippen molar-refractivity contribution in [2.24, 2.45) is 0 Å². The molecule has 0 radical (unpaired) electrons. The van der Waals surface area contributed by atoms with Gasteiger partial charge in [-0.2, -0.15) is 18.3 Å². The summed E-state index contributed by atoms with van der Waals surface area (Å²) in [4.78, 5) is 18.8. The Hall–Kier alpha value is -2.13. The van der Waals surface area contributed by atoms with Gasteiger partial charge in [-0.15, -0.1) is 0 Å². The molecule has 4 rings (SSSR count). The van der Waals surface area contributed by atoms with Crippen LogP contribution in [0.4, 0.5) is 13.2 Å². The molecule has 30 heavy (non-hydrogen) atoms. The van der Waals surface area contributed by atoms with E-state index in [2.05, 4.69) is 26.0 Å². The summed E-state index contributed by atoms with van der Waals surface area (Å²) in [5.74, 6) is -0.467. The Morgan fingerprint density at radius 2 is 1.70 bits per heavy atom. The van der Waals surface area contributed by atoms with Gasteiger partial charge < -0.3 is 4.90 Å². The van der Waals surface area contributed by atoms with Crippen molar-refractivity contribution in [1.29, 1.82) is 0 Å². The van der Waals surface area contributed by atoms with Crippen LogP contribution in [-0.4, -0.2) is 38.5 Å². The zero-order chi connectivity index (χ0) is 21.5. The fraction of sp³-hybridized carbons (Fsp3) is 0.350. The van der Waals surface area contributed by atoms with Crippen molar-refractivity contribution in [3.8, 4) is 11.3 Å². The second kappa shape index (κ2) is 8.19. The molecule has 0 unspecified atom stereocenters. The lowest BCUT2D eigenvalue weighted by Crippen LogP contribution is -2.32. The van der Waals surface area contributed by atoms with E-state index in [0.717, 1.165) is 36.2 Å². The maximum Gasteiger partial charge on any atom is 0.433 e. The molecule has 158 valence electrons. The van der Waals surface area contributed by atoms with Crippen LogP contribution in [0.1, 0.15) is 41.9 Å². The number of nitrogens with zero attached hydrogens (tertiary/aromatic N) is 4. The highest BCUT2D eigenvalue weighted by molar-refractivity contribution is 9.10. The number of fused-ring (bicyclic) bond motifs is 1. The highest BCUT2D eigenvalue weighted by Gasteiger charge is 2.37. The smallest absolute Gasteiger partial charge is 0.337 e. The van der Waals surface area contributed by atoms with Crippen LogP contribution in [0.25, 0.3) is 16.9 Å². The van der Waals surface area contributed by atoms with E-state index in [1.54, 1.807) is 29.2 Å². The summed E-state index contributed by atoms with van der Waals surface area (Å²) < 4.78 is 42.8. The Morgan fingerprint density at radius 1 is 1.07 bits per heavy atom. The van der Waals surface area contributed by atoms with Crippen molar-refractivity contribution in [2.45, 2.75) is 31.9 Å². The Labute approximate surface area is 184 Å². The predicted octanol–water partition coefficient (Wildman–Crippen LogP) is 5.85. The number of rotatable bonds is 2. The lowest BCUT2D eigenvalue weighted by Gasteiger charge is -2.18. The molecule has 3 aromatic rings. The third kappa shape index (κ3) is 4.05. The molecule has 2 aromatic heterocycles. The molecule has 1 aliphatic heterocycles. The predicted molar refractivity (Wildman–Crippen MR) is 111 cm³/mol. The van der Waals surface area contributed by atoms with Crippen LogP contribution < -0.4 is 0 Å². The Bertz CT molecular complexity index is 1090. The molecule has 5 nitrogen and oxygen atoms in total. The van der Waals surface area contributed by atoms with Crippen LogP contribution in [0, 0.1) is 0 Å². The van der Waals surface area contributed by atoms with Crippen molar-refractivity contribution in [2.75, 3.05) is 13.1 Å². The van der Waals surface area contributed by atoms with Gasteiger partial charge in [-0.1, -0.05) is 52.5 Å². The zero-order valence-corrected chi connectivity index (χ0v) is 18.1. The average molecular weight is 502 g/mol. The first-order valence-corrected chi connectivity index (χ1v) is 10.6. The lowest BCUT2D eigenvalue weighted by atomic mass is 10.1. The Balaban J connectivity index is 1.86. The van der Waals surface area contributed by atoms with Crippen molar-refractivity contribution in [3.05, 3.63) is 51.2 Å². The van der Waals surface area contributed by atoms with Gasteiger partial charge in [0.2, 0.25) is 0 Å². The van der Waals surface area contributed by atoms with Gasteiger partial charge in [0.05, 0.1) is 5.69 Å².